The van der Waals surface area contributed by atoms with Gasteiger partial charge in [0.05, 0.1) is 20.1 Å². The third kappa shape index (κ3) is 2.18. The zero-order chi connectivity index (χ0) is 12.0. The minimum absolute atomic E-state index is 0.0843. The minimum Gasteiger partial charge on any atom is -0.317 e. The average molecular weight is 351 g/mol. The summed E-state index contributed by atoms with van der Waals surface area (Å²) in [6.07, 6.45) is 0. The number of hydrogen-bond donors (Lipinski definition) is 0. The molecule has 3 rings (SSSR count). The molecule has 0 amide bonds. The van der Waals surface area contributed by atoms with Gasteiger partial charge in [0.25, 0.3) is 10.0 Å². The summed E-state index contributed by atoms with van der Waals surface area (Å²) in [4.78, 5) is 3.08. The molecule has 3 heterocycles. The second kappa shape index (κ2) is 4.11. The molecule has 0 bridgehead atoms. The number of sulfonamides is 1. The first-order valence-corrected chi connectivity index (χ1v) is 8.88. The highest BCUT2D eigenvalue weighted by Gasteiger charge is 2.31. The lowest BCUT2D eigenvalue weighted by Gasteiger charge is -2.24. The zero-order valence-electron chi connectivity index (χ0n) is 8.46. The van der Waals surface area contributed by atoms with Crippen LogP contribution in [-0.4, -0.2) is 30.8 Å². The number of hydrogen-bond acceptors (Lipinski definition) is 5. The number of amidine groups is 1. The van der Waals surface area contributed by atoms with Crippen molar-refractivity contribution in [3.8, 4) is 0 Å². The largest absolute Gasteiger partial charge is 0.317 e. The highest BCUT2D eigenvalue weighted by Crippen LogP contribution is 2.38. The predicted molar refractivity (Wildman–Crippen MR) is 75.5 cm³/mol. The molecule has 2 aliphatic heterocycles. The van der Waals surface area contributed by atoms with E-state index < -0.39 is 10.0 Å². The number of halogens is 1. The molecule has 4 nitrogen and oxygen atoms in total. The molecule has 0 saturated carbocycles. The summed E-state index contributed by atoms with van der Waals surface area (Å²) in [5.74, 6) is 0.0843. The van der Waals surface area contributed by atoms with Crippen molar-refractivity contribution < 1.29 is 8.42 Å². The van der Waals surface area contributed by atoms with Crippen molar-refractivity contribution in [2.45, 2.75) is 0 Å². The summed E-state index contributed by atoms with van der Waals surface area (Å²) in [6.45, 7) is 0.482. The van der Waals surface area contributed by atoms with Crippen molar-refractivity contribution in [3.63, 3.8) is 0 Å². The van der Waals surface area contributed by atoms with Gasteiger partial charge in [0.15, 0.2) is 5.17 Å². The van der Waals surface area contributed by atoms with Gasteiger partial charge < -0.3 is 4.90 Å². The Bertz CT molecular complexity index is 632. The Labute approximate surface area is 116 Å². The van der Waals surface area contributed by atoms with Gasteiger partial charge in [0.1, 0.15) is 0 Å². The number of nitrogens with zero attached hydrogens (tertiary/aromatic N) is 2. The molecule has 8 heteroatoms. The Hall–Kier alpha value is -0.310. The highest BCUT2D eigenvalue weighted by molar-refractivity contribution is 9.11. The fourth-order valence-corrected chi connectivity index (χ4v) is 5.27. The average Bonchev–Trinajstić information content (AvgIpc) is 2.82. The fraction of sp³-hybridized carbons (Fsp3) is 0.222. The van der Waals surface area contributed by atoms with E-state index >= 15 is 0 Å². The maximum atomic E-state index is 11.4. The smallest absolute Gasteiger partial charge is 0.257 e. The van der Waals surface area contributed by atoms with Crippen LogP contribution in [0.1, 0.15) is 4.88 Å². The van der Waals surface area contributed by atoms with E-state index in [0.29, 0.717) is 11.7 Å². The molecule has 0 spiro atoms. The Kier molecular flexibility index (Phi) is 2.85. The Morgan fingerprint density at radius 1 is 1.41 bits per heavy atom. The van der Waals surface area contributed by atoms with Gasteiger partial charge >= 0.3 is 0 Å². The molecule has 0 radical (unpaired) electrons. The lowest BCUT2D eigenvalue weighted by atomic mass is 10.3. The predicted octanol–water partition coefficient (Wildman–Crippen LogP) is 2.56. The van der Waals surface area contributed by atoms with Crippen LogP contribution >= 0.6 is 39.0 Å². The molecule has 0 saturated heterocycles. The first-order valence-electron chi connectivity index (χ1n) is 4.78. The summed E-state index contributed by atoms with van der Waals surface area (Å²) < 4.78 is 27.6. The van der Waals surface area contributed by atoms with E-state index in [4.69, 9.17) is 0 Å². The van der Waals surface area contributed by atoms with E-state index in [1.54, 1.807) is 11.3 Å². The molecule has 0 N–H and O–H groups in total. The van der Waals surface area contributed by atoms with Crippen LogP contribution in [0, 0.1) is 0 Å². The first kappa shape index (κ1) is 11.8. The molecular formula is C9H7BrN2O2S3. The Morgan fingerprint density at radius 3 is 2.94 bits per heavy atom. The van der Waals surface area contributed by atoms with E-state index in [-0.39, 0.29) is 5.75 Å². The molecule has 0 unspecified atom stereocenters. The van der Waals surface area contributed by atoms with E-state index in [2.05, 4.69) is 20.3 Å². The molecule has 0 aliphatic carbocycles. The van der Waals surface area contributed by atoms with Crippen molar-refractivity contribution in [2.24, 2.45) is 4.40 Å². The van der Waals surface area contributed by atoms with Gasteiger partial charge in [-0.25, -0.2) is 8.42 Å². The van der Waals surface area contributed by atoms with Crippen LogP contribution < -0.4 is 0 Å². The molecule has 90 valence electrons. The first-order chi connectivity index (χ1) is 8.05. The van der Waals surface area contributed by atoms with Crippen molar-refractivity contribution in [1.82, 2.24) is 4.90 Å². The Balaban J connectivity index is 1.97. The normalized spacial score (nSPS) is 22.1. The SMILES string of the molecule is O=S1(=O)CCN2C(c3ccc(Br)s3)=CSC2=N1. The van der Waals surface area contributed by atoms with Gasteiger partial charge in [0.2, 0.25) is 0 Å². The molecule has 1 aromatic rings. The summed E-state index contributed by atoms with van der Waals surface area (Å²) in [7, 11) is -3.25. The van der Waals surface area contributed by atoms with Gasteiger partial charge in [-0.1, -0.05) is 11.8 Å². The Morgan fingerprint density at radius 2 is 2.24 bits per heavy atom. The van der Waals surface area contributed by atoms with Crippen LogP contribution in [0.25, 0.3) is 5.70 Å². The molecule has 1 aromatic heterocycles. The van der Waals surface area contributed by atoms with Crippen molar-refractivity contribution in [2.75, 3.05) is 12.3 Å². The monoisotopic (exact) mass is 350 g/mol. The fourth-order valence-electron chi connectivity index (χ4n) is 1.64. The third-order valence-electron chi connectivity index (χ3n) is 2.41. The summed E-state index contributed by atoms with van der Waals surface area (Å²) in [5.41, 5.74) is 1.04. The summed E-state index contributed by atoms with van der Waals surface area (Å²) >= 11 is 6.42. The molecule has 2 aliphatic rings. The summed E-state index contributed by atoms with van der Waals surface area (Å²) in [6, 6.07) is 4.01. The standard InChI is InChI=1S/C9H7BrN2O2S3/c10-8-2-1-7(16-8)6-5-15-9-11-17(13,14)4-3-12(6)9/h1-2,5H,3-4H2. The van der Waals surface area contributed by atoms with Gasteiger partial charge in [-0.05, 0) is 28.1 Å². The molecule has 0 fully saturated rings. The third-order valence-corrected chi connectivity index (χ3v) is 6.19. The van der Waals surface area contributed by atoms with Gasteiger partial charge in [-0.3, -0.25) is 0 Å². The topological polar surface area (TPSA) is 49.7 Å². The maximum Gasteiger partial charge on any atom is 0.257 e. The zero-order valence-corrected chi connectivity index (χ0v) is 12.5. The van der Waals surface area contributed by atoms with Crippen molar-refractivity contribution in [1.29, 1.82) is 0 Å². The second-order valence-corrected chi connectivity index (χ2v) is 8.59. The highest BCUT2D eigenvalue weighted by atomic mass is 79.9. The lowest BCUT2D eigenvalue weighted by Crippen LogP contribution is -2.33. The van der Waals surface area contributed by atoms with Crippen LogP contribution in [0.2, 0.25) is 0 Å². The van der Waals surface area contributed by atoms with Crippen LogP contribution in [0.15, 0.2) is 25.7 Å². The number of fused-ring (bicyclic) bond motifs is 1. The quantitative estimate of drug-likeness (QED) is 0.780. The van der Waals surface area contributed by atoms with E-state index in [0.717, 1.165) is 14.4 Å². The molecule has 17 heavy (non-hydrogen) atoms. The maximum absolute atomic E-state index is 11.4. The number of rotatable bonds is 1. The van der Waals surface area contributed by atoms with Gasteiger partial charge in [0, 0.05) is 12.0 Å². The van der Waals surface area contributed by atoms with Crippen molar-refractivity contribution in [3.05, 3.63) is 26.2 Å². The summed E-state index contributed by atoms with van der Waals surface area (Å²) in [5, 5.41) is 2.52. The molecule has 0 aromatic carbocycles. The number of thiophene rings is 1. The van der Waals surface area contributed by atoms with E-state index in [1.165, 1.54) is 11.8 Å². The lowest BCUT2D eigenvalue weighted by molar-refractivity contribution is 0.567. The molecule has 0 atom stereocenters. The van der Waals surface area contributed by atoms with Crippen molar-refractivity contribution >= 4 is 59.9 Å². The minimum atomic E-state index is -3.25. The number of thioether (sulfide) groups is 1. The van der Waals surface area contributed by atoms with Gasteiger partial charge in [-0.2, -0.15) is 0 Å². The van der Waals surface area contributed by atoms with Crippen LogP contribution in [0.3, 0.4) is 0 Å². The van der Waals surface area contributed by atoms with Crippen LogP contribution in [0.4, 0.5) is 0 Å². The second-order valence-electron chi connectivity index (χ2n) is 3.54. The van der Waals surface area contributed by atoms with Gasteiger partial charge in [-0.15, -0.1) is 15.7 Å². The molecular weight excluding hydrogens is 344 g/mol. The van der Waals surface area contributed by atoms with Crippen LogP contribution in [-0.2, 0) is 10.0 Å². The van der Waals surface area contributed by atoms with E-state index in [9.17, 15) is 8.42 Å². The van der Waals surface area contributed by atoms with Crippen LogP contribution in [0.5, 0.6) is 0 Å². The van der Waals surface area contributed by atoms with E-state index in [1.807, 2.05) is 22.4 Å².